The van der Waals surface area contributed by atoms with Gasteiger partial charge in [0.2, 0.25) is 0 Å². The molecule has 0 aliphatic carbocycles. The van der Waals surface area contributed by atoms with Crippen molar-refractivity contribution in [3.8, 4) is 0 Å². The number of halogens is 1. The van der Waals surface area contributed by atoms with Crippen LogP contribution >= 0.6 is 0 Å². The van der Waals surface area contributed by atoms with Gasteiger partial charge in [0.25, 0.3) is 0 Å². The number of carbonyl (C=O) groups is 2. The highest BCUT2D eigenvalue weighted by molar-refractivity contribution is 6.09. The largest absolute Gasteiger partial charge is 0.464 e. The molecule has 1 aliphatic heterocycles. The molecular weight excluding hydrogens is 265 g/mol. The molecule has 1 aromatic rings. The average Bonchev–Trinajstić information content (AvgIpc) is 2.45. The number of esters is 1. The Balaban J connectivity index is 2.76. The van der Waals surface area contributed by atoms with Crippen molar-refractivity contribution >= 4 is 29.5 Å². The third-order valence-electron chi connectivity index (χ3n) is 3.00. The molecule has 102 valence electrons. The van der Waals surface area contributed by atoms with Crippen LogP contribution in [0.25, 0.3) is 5.57 Å². The fourth-order valence-electron chi connectivity index (χ4n) is 2.11. The molecule has 0 bridgehead atoms. The number of aldehydes is 1. The number of ether oxygens (including phenoxy) is 1. The summed E-state index contributed by atoms with van der Waals surface area (Å²) < 4.78 is 18.1. The number of rotatable bonds is 2. The predicted octanol–water partition coefficient (Wildman–Crippen LogP) is 1.36. The molecule has 1 heterocycles. The van der Waals surface area contributed by atoms with E-state index in [1.807, 2.05) is 0 Å². The highest BCUT2D eigenvalue weighted by Gasteiger charge is 2.28. The number of methoxy groups -OCH3 is 1. The van der Waals surface area contributed by atoms with Gasteiger partial charge in [0.05, 0.1) is 18.4 Å². The Morgan fingerprint density at radius 1 is 1.45 bits per heavy atom. The number of nitrogens with zero attached hydrogens (tertiary/aromatic N) is 1. The molecule has 20 heavy (non-hydrogen) atoms. The van der Waals surface area contributed by atoms with Crippen LogP contribution in [0.4, 0.5) is 10.1 Å². The summed E-state index contributed by atoms with van der Waals surface area (Å²) in [6, 6.07) is 2.15. The summed E-state index contributed by atoms with van der Waals surface area (Å²) in [4.78, 5) is 35.1. The maximum Gasteiger partial charge on any atom is 0.354 e. The first-order valence-electron chi connectivity index (χ1n) is 5.61. The number of likely N-dealkylation sites (N-methyl/N-ethyl adjacent to an activating group) is 1. The zero-order valence-electron chi connectivity index (χ0n) is 10.8. The lowest BCUT2D eigenvalue weighted by atomic mass is 9.95. The molecule has 0 radical (unpaired) electrons. The first-order valence-corrected chi connectivity index (χ1v) is 5.61. The Morgan fingerprint density at radius 3 is 2.70 bits per heavy atom. The minimum Gasteiger partial charge on any atom is -0.464 e. The Morgan fingerprint density at radius 2 is 2.15 bits per heavy atom. The molecule has 6 heteroatoms. The SMILES string of the molecule is COC(=O)C1=CC(=C=O)c2cc(F)cc(C=O)c2N1C. The molecule has 5 nitrogen and oxygen atoms in total. The fraction of sp³-hybridized carbons (Fsp3) is 0.143. The van der Waals surface area contributed by atoms with Crippen LogP contribution in [0, 0.1) is 5.82 Å². The van der Waals surface area contributed by atoms with E-state index >= 15 is 0 Å². The highest BCUT2D eigenvalue weighted by Crippen LogP contribution is 2.37. The second kappa shape index (κ2) is 5.11. The normalized spacial score (nSPS) is 13.2. The molecule has 2 rings (SSSR count). The van der Waals surface area contributed by atoms with Crippen LogP contribution in [0.3, 0.4) is 0 Å². The van der Waals surface area contributed by atoms with Crippen molar-refractivity contribution in [1.82, 2.24) is 0 Å². The molecule has 0 N–H and O–H groups in total. The zero-order chi connectivity index (χ0) is 14.9. The lowest BCUT2D eigenvalue weighted by molar-refractivity contribution is -0.136. The van der Waals surface area contributed by atoms with Crippen molar-refractivity contribution in [3.63, 3.8) is 0 Å². The van der Waals surface area contributed by atoms with Gasteiger partial charge in [-0.25, -0.2) is 14.0 Å². The van der Waals surface area contributed by atoms with E-state index in [0.717, 1.165) is 12.1 Å². The maximum absolute atomic E-state index is 13.5. The quantitative estimate of drug-likeness (QED) is 0.463. The summed E-state index contributed by atoms with van der Waals surface area (Å²) in [5.41, 5.74) is 0.554. The Bertz CT molecular complexity index is 687. The minimum absolute atomic E-state index is 0.0129. The van der Waals surface area contributed by atoms with Gasteiger partial charge in [0.15, 0.2) is 6.29 Å². The summed E-state index contributed by atoms with van der Waals surface area (Å²) in [6.45, 7) is 0. The second-order valence-corrected chi connectivity index (χ2v) is 4.10. The van der Waals surface area contributed by atoms with Gasteiger partial charge in [0.1, 0.15) is 17.5 Å². The number of benzene rings is 1. The molecular formula is C14H10FNO4. The molecule has 0 atom stereocenters. The van der Waals surface area contributed by atoms with Crippen LogP contribution in [0.2, 0.25) is 0 Å². The van der Waals surface area contributed by atoms with Crippen molar-refractivity contribution < 1.29 is 23.5 Å². The van der Waals surface area contributed by atoms with Gasteiger partial charge in [-0.05, 0) is 18.2 Å². The Hall–Kier alpha value is -2.72. The smallest absolute Gasteiger partial charge is 0.354 e. The molecule has 1 aromatic carbocycles. The van der Waals surface area contributed by atoms with Crippen molar-refractivity contribution in [2.45, 2.75) is 0 Å². The monoisotopic (exact) mass is 275 g/mol. The average molecular weight is 275 g/mol. The van der Waals surface area contributed by atoms with Crippen LogP contribution in [0.5, 0.6) is 0 Å². The first kappa shape index (κ1) is 13.7. The minimum atomic E-state index is -0.674. The van der Waals surface area contributed by atoms with Crippen molar-refractivity contribution in [1.29, 1.82) is 0 Å². The van der Waals surface area contributed by atoms with Gasteiger partial charge in [-0.1, -0.05) is 0 Å². The van der Waals surface area contributed by atoms with Crippen molar-refractivity contribution in [2.24, 2.45) is 0 Å². The first-order chi connectivity index (χ1) is 9.53. The highest BCUT2D eigenvalue weighted by atomic mass is 19.1. The molecule has 0 aromatic heterocycles. The van der Waals surface area contributed by atoms with E-state index in [2.05, 4.69) is 4.74 Å². The molecule has 0 amide bonds. The number of hydrogen-bond donors (Lipinski definition) is 0. The lowest BCUT2D eigenvalue weighted by Gasteiger charge is -2.28. The van der Waals surface area contributed by atoms with Gasteiger partial charge in [-0.3, -0.25) is 4.79 Å². The van der Waals surface area contributed by atoms with E-state index in [4.69, 9.17) is 0 Å². The summed E-state index contributed by atoms with van der Waals surface area (Å²) in [5, 5.41) is 0. The van der Waals surface area contributed by atoms with Gasteiger partial charge in [-0.15, -0.1) is 0 Å². The number of carbonyl (C=O) groups excluding carboxylic acids is 3. The van der Waals surface area contributed by atoms with Crippen LogP contribution in [0.15, 0.2) is 23.9 Å². The van der Waals surface area contributed by atoms with E-state index in [9.17, 15) is 18.8 Å². The van der Waals surface area contributed by atoms with Crippen LogP contribution < -0.4 is 4.90 Å². The van der Waals surface area contributed by atoms with Gasteiger partial charge < -0.3 is 9.64 Å². The summed E-state index contributed by atoms with van der Waals surface area (Å²) >= 11 is 0. The molecule has 0 fully saturated rings. The number of hydrogen-bond acceptors (Lipinski definition) is 5. The van der Waals surface area contributed by atoms with Crippen molar-refractivity contribution in [2.75, 3.05) is 19.1 Å². The zero-order valence-corrected chi connectivity index (χ0v) is 10.8. The standard InChI is InChI=1S/C14H10FNO4/c1-16-12(14(19)20-2)4-8(6-17)11-5-10(15)3-9(7-18)13(11)16/h3-5,7H,1-2H3. The predicted molar refractivity (Wildman–Crippen MR) is 69.4 cm³/mol. The Kier molecular flexibility index (Phi) is 3.50. The number of anilines is 1. The molecule has 0 unspecified atom stereocenters. The lowest BCUT2D eigenvalue weighted by Crippen LogP contribution is -2.28. The third-order valence-corrected chi connectivity index (χ3v) is 3.00. The maximum atomic E-state index is 13.5. The van der Waals surface area contributed by atoms with E-state index in [-0.39, 0.29) is 28.1 Å². The van der Waals surface area contributed by atoms with Crippen LogP contribution in [0.1, 0.15) is 15.9 Å². The van der Waals surface area contributed by atoms with Gasteiger partial charge in [-0.2, -0.15) is 0 Å². The number of fused-ring (bicyclic) bond motifs is 1. The molecule has 0 saturated carbocycles. The Labute approximate surface area is 113 Å². The summed E-state index contributed by atoms with van der Waals surface area (Å²) in [6.07, 6.45) is 1.70. The number of allylic oxidation sites excluding steroid dienone is 2. The van der Waals surface area contributed by atoms with E-state index in [1.54, 1.807) is 5.94 Å². The molecule has 0 spiro atoms. The van der Waals surface area contributed by atoms with Crippen LogP contribution in [-0.4, -0.2) is 32.4 Å². The van der Waals surface area contributed by atoms with Gasteiger partial charge in [0, 0.05) is 18.2 Å². The topological polar surface area (TPSA) is 63.7 Å². The van der Waals surface area contributed by atoms with Gasteiger partial charge >= 0.3 is 5.97 Å². The van der Waals surface area contributed by atoms with Crippen molar-refractivity contribution in [3.05, 3.63) is 40.8 Å². The van der Waals surface area contributed by atoms with E-state index < -0.39 is 11.8 Å². The molecule has 1 aliphatic rings. The summed E-state index contributed by atoms with van der Waals surface area (Å²) in [7, 11) is 2.72. The van der Waals surface area contributed by atoms with E-state index in [0.29, 0.717) is 6.29 Å². The summed E-state index contributed by atoms with van der Waals surface area (Å²) in [5.74, 6) is 0.316. The molecule has 0 saturated heterocycles. The van der Waals surface area contributed by atoms with Crippen LogP contribution in [-0.2, 0) is 14.3 Å². The fourth-order valence-corrected chi connectivity index (χ4v) is 2.11. The second-order valence-electron chi connectivity index (χ2n) is 4.10. The van der Waals surface area contributed by atoms with E-state index in [1.165, 1.54) is 25.1 Å². The third kappa shape index (κ3) is 2.02.